The highest BCUT2D eigenvalue weighted by Gasteiger charge is 2.44. The molecule has 3 rings (SSSR count). The van der Waals surface area contributed by atoms with E-state index in [0.717, 1.165) is 18.7 Å². The van der Waals surface area contributed by atoms with E-state index in [1.54, 1.807) is 13.2 Å². The Morgan fingerprint density at radius 3 is 2.07 bits per heavy atom. The van der Waals surface area contributed by atoms with Crippen molar-refractivity contribution in [1.29, 1.82) is 0 Å². The molecule has 1 aromatic carbocycles. The number of aromatic hydroxyl groups is 1. The Bertz CT molecular complexity index is 878. The lowest BCUT2D eigenvalue weighted by Gasteiger charge is -2.55. The van der Waals surface area contributed by atoms with Crippen molar-refractivity contribution in [2.75, 3.05) is 33.2 Å². The Morgan fingerprint density at radius 2 is 1.57 bits per heavy atom. The molecule has 1 aliphatic rings. The zero-order valence-electron chi connectivity index (χ0n) is 19.4. The maximum Gasteiger partial charge on any atom is 0.164 e. The number of methoxy groups -OCH3 is 2. The van der Waals surface area contributed by atoms with Crippen molar-refractivity contribution in [3.63, 3.8) is 0 Å². The van der Waals surface area contributed by atoms with Crippen LogP contribution in [0.1, 0.15) is 40.5 Å². The Balaban J connectivity index is 1.86. The van der Waals surface area contributed by atoms with Crippen LogP contribution < -0.4 is 14.4 Å². The number of nitrogens with zero attached hydrogens (tertiary/aromatic N) is 4. The van der Waals surface area contributed by atoms with Crippen LogP contribution in [0.4, 0.5) is 5.82 Å². The first kappa shape index (κ1) is 22.2. The number of phenols is 1. The molecule has 0 saturated carbocycles. The highest BCUT2D eigenvalue weighted by Crippen LogP contribution is 2.40. The number of benzene rings is 1. The number of piperidine rings is 1. The fraction of sp³-hybridized carbons (Fsp3) is 0.565. The van der Waals surface area contributed by atoms with Crippen LogP contribution in [0.15, 0.2) is 24.3 Å². The summed E-state index contributed by atoms with van der Waals surface area (Å²) in [5, 5.41) is 19.2. The zero-order valence-corrected chi connectivity index (χ0v) is 19.4. The lowest BCUT2D eigenvalue weighted by atomic mass is 9.77. The van der Waals surface area contributed by atoms with Gasteiger partial charge in [0.1, 0.15) is 5.75 Å². The van der Waals surface area contributed by atoms with Gasteiger partial charge in [0.15, 0.2) is 17.3 Å². The summed E-state index contributed by atoms with van der Waals surface area (Å²) < 4.78 is 10.6. The monoisotopic (exact) mass is 414 g/mol. The van der Waals surface area contributed by atoms with Crippen molar-refractivity contribution in [3.8, 4) is 28.5 Å². The third-order valence-electron chi connectivity index (χ3n) is 6.62. The summed E-state index contributed by atoms with van der Waals surface area (Å²) in [7, 11) is 7.39. The van der Waals surface area contributed by atoms with Gasteiger partial charge < -0.3 is 19.5 Å². The summed E-state index contributed by atoms with van der Waals surface area (Å²) in [4.78, 5) is 4.70. The number of likely N-dealkylation sites (tertiary alicyclic amines) is 1. The first-order chi connectivity index (χ1) is 14.0. The fourth-order valence-corrected chi connectivity index (χ4v) is 4.51. The van der Waals surface area contributed by atoms with Crippen LogP contribution in [-0.4, -0.2) is 65.6 Å². The van der Waals surface area contributed by atoms with Crippen LogP contribution in [0.25, 0.3) is 11.3 Å². The van der Waals surface area contributed by atoms with Crippen molar-refractivity contribution >= 4 is 5.82 Å². The second-order valence-corrected chi connectivity index (χ2v) is 9.36. The molecule has 0 bridgehead atoms. The number of aromatic nitrogens is 2. The van der Waals surface area contributed by atoms with E-state index in [4.69, 9.17) is 9.47 Å². The summed E-state index contributed by atoms with van der Waals surface area (Å²) in [6.45, 7) is 9.18. The van der Waals surface area contributed by atoms with Gasteiger partial charge in [-0.15, -0.1) is 10.2 Å². The zero-order chi connectivity index (χ0) is 22.3. The molecule has 0 unspecified atom stereocenters. The Hall–Kier alpha value is -2.54. The molecule has 7 heteroatoms. The van der Waals surface area contributed by atoms with E-state index in [0.29, 0.717) is 28.8 Å². The van der Waals surface area contributed by atoms with Gasteiger partial charge in [-0.3, -0.25) is 4.90 Å². The first-order valence-corrected chi connectivity index (χ1v) is 10.3. The minimum absolute atomic E-state index is 0.0712. The second kappa shape index (κ2) is 7.95. The molecule has 164 valence electrons. The molecule has 0 amide bonds. The van der Waals surface area contributed by atoms with Crippen LogP contribution in [0, 0.1) is 0 Å². The average Bonchev–Trinajstić information content (AvgIpc) is 2.70. The quantitative estimate of drug-likeness (QED) is 0.794. The number of phenolic OH excluding ortho intramolecular Hbond substituents is 1. The van der Waals surface area contributed by atoms with Crippen molar-refractivity contribution in [2.24, 2.45) is 0 Å². The predicted molar refractivity (Wildman–Crippen MR) is 120 cm³/mol. The van der Waals surface area contributed by atoms with Crippen molar-refractivity contribution in [3.05, 3.63) is 24.3 Å². The molecule has 0 radical (unpaired) electrons. The van der Waals surface area contributed by atoms with Crippen molar-refractivity contribution in [1.82, 2.24) is 15.1 Å². The third-order valence-corrected chi connectivity index (χ3v) is 6.62. The highest BCUT2D eigenvalue weighted by molar-refractivity contribution is 5.71. The van der Waals surface area contributed by atoms with Gasteiger partial charge in [0.2, 0.25) is 0 Å². The van der Waals surface area contributed by atoms with Gasteiger partial charge >= 0.3 is 0 Å². The summed E-state index contributed by atoms with van der Waals surface area (Å²) in [5.41, 5.74) is 1.32. The minimum Gasteiger partial charge on any atom is -0.507 e. The van der Waals surface area contributed by atoms with E-state index in [2.05, 4.69) is 61.8 Å². The molecule has 30 heavy (non-hydrogen) atoms. The maximum absolute atomic E-state index is 10.4. The number of anilines is 1. The lowest BCUT2D eigenvalue weighted by molar-refractivity contribution is -0.0120. The largest absolute Gasteiger partial charge is 0.507 e. The predicted octanol–water partition coefficient (Wildman–Crippen LogP) is 3.95. The van der Waals surface area contributed by atoms with Crippen LogP contribution in [0.3, 0.4) is 0 Å². The van der Waals surface area contributed by atoms with Crippen LogP contribution in [0.2, 0.25) is 0 Å². The highest BCUT2D eigenvalue weighted by atomic mass is 16.5. The third kappa shape index (κ3) is 4.03. The molecule has 0 atom stereocenters. The number of hydrogen-bond acceptors (Lipinski definition) is 7. The molecule has 1 fully saturated rings. The van der Waals surface area contributed by atoms with Gasteiger partial charge in [-0.1, -0.05) is 0 Å². The molecule has 1 N–H and O–H groups in total. The molecular weight excluding hydrogens is 380 g/mol. The maximum atomic E-state index is 10.4. The van der Waals surface area contributed by atoms with Crippen molar-refractivity contribution in [2.45, 2.75) is 57.7 Å². The Labute approximate surface area is 179 Å². The SMILES string of the molecule is COc1cc(O)c(-c2ccc(N(C)C3CC(C)(C)N(C)C(C)(C)C3)nn2)cc1OC. The molecular formula is C23H34N4O3. The standard InChI is InChI=1S/C23H34N4O3/c1-22(2)13-15(14-23(3,4)27(22)6)26(5)21-10-9-17(24-25-21)16-11-19(29-7)20(30-8)12-18(16)28/h9-12,15,28H,13-14H2,1-8H3. The smallest absolute Gasteiger partial charge is 0.164 e. The molecule has 1 saturated heterocycles. The number of hydrogen-bond donors (Lipinski definition) is 1. The Morgan fingerprint density at radius 1 is 1.00 bits per heavy atom. The van der Waals surface area contributed by atoms with E-state index in [-0.39, 0.29) is 16.8 Å². The average molecular weight is 415 g/mol. The summed E-state index contributed by atoms with van der Waals surface area (Å²) in [6, 6.07) is 7.44. The molecule has 2 heterocycles. The molecule has 0 spiro atoms. The van der Waals surface area contributed by atoms with E-state index in [1.807, 2.05) is 12.1 Å². The van der Waals surface area contributed by atoms with Gasteiger partial charge in [0.25, 0.3) is 0 Å². The molecule has 2 aromatic rings. The Kier molecular flexibility index (Phi) is 5.87. The molecule has 0 aliphatic carbocycles. The topological polar surface area (TPSA) is 71.0 Å². The lowest BCUT2D eigenvalue weighted by Crippen LogP contribution is -2.62. The van der Waals surface area contributed by atoms with Gasteiger partial charge in [0.05, 0.1) is 19.9 Å². The van der Waals surface area contributed by atoms with Crippen LogP contribution in [0.5, 0.6) is 17.2 Å². The normalized spacial score (nSPS) is 18.8. The first-order valence-electron chi connectivity index (χ1n) is 10.3. The van der Waals surface area contributed by atoms with E-state index in [1.165, 1.54) is 13.2 Å². The molecule has 1 aliphatic heterocycles. The van der Waals surface area contributed by atoms with E-state index >= 15 is 0 Å². The summed E-state index contributed by atoms with van der Waals surface area (Å²) >= 11 is 0. The van der Waals surface area contributed by atoms with Gasteiger partial charge in [-0.2, -0.15) is 0 Å². The minimum atomic E-state index is 0.0712. The van der Waals surface area contributed by atoms with E-state index < -0.39 is 0 Å². The number of ether oxygens (including phenoxy) is 2. The molecule has 1 aromatic heterocycles. The van der Waals surface area contributed by atoms with Crippen LogP contribution in [-0.2, 0) is 0 Å². The summed E-state index contributed by atoms with van der Waals surface area (Å²) in [5.74, 6) is 1.89. The molecule has 7 nitrogen and oxygen atoms in total. The summed E-state index contributed by atoms with van der Waals surface area (Å²) in [6.07, 6.45) is 2.09. The fourth-order valence-electron chi connectivity index (χ4n) is 4.51. The number of rotatable bonds is 5. The van der Waals surface area contributed by atoms with Gasteiger partial charge in [-0.05, 0) is 65.8 Å². The van der Waals surface area contributed by atoms with E-state index in [9.17, 15) is 5.11 Å². The van der Waals surface area contributed by atoms with Crippen molar-refractivity contribution < 1.29 is 14.6 Å². The van der Waals surface area contributed by atoms with Crippen LogP contribution >= 0.6 is 0 Å². The second-order valence-electron chi connectivity index (χ2n) is 9.36. The van der Waals surface area contributed by atoms with Gasteiger partial charge in [-0.25, -0.2) is 0 Å². The van der Waals surface area contributed by atoms with Gasteiger partial charge in [0, 0.05) is 35.8 Å².